The van der Waals surface area contributed by atoms with Crippen molar-refractivity contribution in [3.05, 3.63) is 28.5 Å². The number of rotatable bonds is 3. The van der Waals surface area contributed by atoms with Crippen molar-refractivity contribution < 1.29 is 17.6 Å². The summed E-state index contributed by atoms with van der Waals surface area (Å²) in [6.45, 7) is 1.96. The number of amides is 1. The average molecular weight is 326 g/mol. The second kappa shape index (κ2) is 4.92. The first-order valence-corrected chi connectivity index (χ1v) is 8.13. The van der Waals surface area contributed by atoms with Crippen LogP contribution in [0.25, 0.3) is 0 Å². The fraction of sp³-hybridized carbons (Fsp3) is 0.364. The molecule has 1 aromatic carbocycles. The van der Waals surface area contributed by atoms with Crippen LogP contribution in [0.3, 0.4) is 0 Å². The molecule has 0 heterocycles. The minimum atomic E-state index is -4.27. The molecule has 19 heavy (non-hydrogen) atoms. The lowest BCUT2D eigenvalue weighted by Gasteiger charge is -2.08. The molecule has 1 saturated carbocycles. The Morgan fingerprint density at radius 1 is 1.47 bits per heavy atom. The summed E-state index contributed by atoms with van der Waals surface area (Å²) in [5, 5.41) is 2.52. The van der Waals surface area contributed by atoms with Gasteiger partial charge < -0.3 is 5.32 Å². The minimum absolute atomic E-state index is 0.0460. The van der Waals surface area contributed by atoms with E-state index in [1.807, 2.05) is 6.92 Å². The van der Waals surface area contributed by atoms with Gasteiger partial charge in [0.15, 0.2) is 0 Å². The van der Waals surface area contributed by atoms with E-state index in [9.17, 15) is 17.6 Å². The SMILES string of the molecule is CC1CC1NC(=O)c1cc(S(=O)(=O)Cl)c(F)cc1Cl. The van der Waals surface area contributed by atoms with Crippen LogP contribution in [0.15, 0.2) is 17.0 Å². The van der Waals surface area contributed by atoms with Gasteiger partial charge in [0.2, 0.25) is 0 Å². The highest BCUT2D eigenvalue weighted by atomic mass is 35.7. The number of hydrogen-bond acceptors (Lipinski definition) is 3. The van der Waals surface area contributed by atoms with Crippen LogP contribution in [0.4, 0.5) is 4.39 Å². The molecule has 2 unspecified atom stereocenters. The summed E-state index contributed by atoms with van der Waals surface area (Å²) in [4.78, 5) is 11.1. The smallest absolute Gasteiger partial charge is 0.264 e. The van der Waals surface area contributed by atoms with E-state index in [-0.39, 0.29) is 16.6 Å². The van der Waals surface area contributed by atoms with Gasteiger partial charge in [0, 0.05) is 16.7 Å². The molecule has 0 saturated heterocycles. The first-order valence-electron chi connectivity index (χ1n) is 5.44. The summed E-state index contributed by atoms with van der Waals surface area (Å²) in [5.41, 5.74) is -0.110. The van der Waals surface area contributed by atoms with E-state index in [1.54, 1.807) is 0 Å². The highest BCUT2D eigenvalue weighted by Gasteiger charge is 2.34. The fourth-order valence-corrected chi connectivity index (χ4v) is 2.80. The molecule has 1 fully saturated rings. The zero-order valence-corrected chi connectivity index (χ0v) is 12.1. The number of halogens is 3. The third kappa shape index (κ3) is 3.19. The second-order valence-electron chi connectivity index (χ2n) is 4.49. The van der Waals surface area contributed by atoms with Gasteiger partial charge in [-0.3, -0.25) is 4.79 Å². The first-order chi connectivity index (χ1) is 8.70. The quantitative estimate of drug-likeness (QED) is 0.868. The van der Waals surface area contributed by atoms with Crippen LogP contribution in [-0.4, -0.2) is 20.4 Å². The number of benzene rings is 1. The fourth-order valence-electron chi connectivity index (χ4n) is 1.66. The summed E-state index contributed by atoms with van der Waals surface area (Å²) >= 11 is 5.75. The molecule has 1 amide bonds. The zero-order valence-electron chi connectivity index (χ0n) is 9.78. The molecular weight excluding hydrogens is 316 g/mol. The number of carbonyl (C=O) groups is 1. The molecule has 2 rings (SSSR count). The van der Waals surface area contributed by atoms with E-state index < -0.39 is 25.7 Å². The van der Waals surface area contributed by atoms with Gasteiger partial charge in [-0.05, 0) is 24.5 Å². The molecule has 0 aromatic heterocycles. The van der Waals surface area contributed by atoms with Crippen LogP contribution >= 0.6 is 22.3 Å². The predicted octanol–water partition coefficient (Wildman–Crippen LogP) is 2.54. The predicted molar refractivity (Wildman–Crippen MR) is 69.5 cm³/mol. The van der Waals surface area contributed by atoms with Crippen molar-refractivity contribution in [1.29, 1.82) is 0 Å². The van der Waals surface area contributed by atoms with Crippen LogP contribution in [0.1, 0.15) is 23.7 Å². The van der Waals surface area contributed by atoms with E-state index in [4.69, 9.17) is 22.3 Å². The molecule has 2 atom stereocenters. The van der Waals surface area contributed by atoms with E-state index in [0.717, 1.165) is 18.6 Å². The number of nitrogens with one attached hydrogen (secondary N) is 1. The molecule has 104 valence electrons. The second-order valence-corrected chi connectivity index (χ2v) is 7.43. The van der Waals surface area contributed by atoms with E-state index in [2.05, 4.69) is 5.32 Å². The topological polar surface area (TPSA) is 63.2 Å². The molecule has 1 aromatic rings. The molecule has 1 aliphatic carbocycles. The third-order valence-corrected chi connectivity index (χ3v) is 4.60. The van der Waals surface area contributed by atoms with Crippen LogP contribution < -0.4 is 5.32 Å². The highest BCUT2D eigenvalue weighted by molar-refractivity contribution is 8.13. The van der Waals surface area contributed by atoms with Crippen LogP contribution in [0, 0.1) is 11.7 Å². The highest BCUT2D eigenvalue weighted by Crippen LogP contribution is 2.31. The molecule has 8 heteroatoms. The Balaban J connectivity index is 2.37. The van der Waals surface area contributed by atoms with Crippen molar-refractivity contribution in [1.82, 2.24) is 5.32 Å². The Bertz CT molecular complexity index is 648. The van der Waals surface area contributed by atoms with Crippen molar-refractivity contribution >= 4 is 37.2 Å². The van der Waals surface area contributed by atoms with Crippen molar-refractivity contribution in [2.24, 2.45) is 5.92 Å². The lowest BCUT2D eigenvalue weighted by Crippen LogP contribution is -2.27. The van der Waals surface area contributed by atoms with Gasteiger partial charge >= 0.3 is 0 Å². The maximum Gasteiger partial charge on any atom is 0.264 e. The maximum atomic E-state index is 13.4. The molecule has 4 nitrogen and oxygen atoms in total. The monoisotopic (exact) mass is 325 g/mol. The number of carbonyl (C=O) groups excluding carboxylic acids is 1. The van der Waals surface area contributed by atoms with Gasteiger partial charge in [0.05, 0.1) is 10.6 Å². The third-order valence-electron chi connectivity index (χ3n) is 2.95. The average Bonchev–Trinajstić information content (AvgIpc) is 2.91. The lowest BCUT2D eigenvalue weighted by atomic mass is 10.2. The van der Waals surface area contributed by atoms with Crippen molar-refractivity contribution in [3.8, 4) is 0 Å². The molecule has 0 spiro atoms. The van der Waals surface area contributed by atoms with Gasteiger partial charge in [-0.15, -0.1) is 0 Å². The lowest BCUT2D eigenvalue weighted by molar-refractivity contribution is 0.0949. The van der Waals surface area contributed by atoms with Crippen molar-refractivity contribution in [2.75, 3.05) is 0 Å². The summed E-state index contributed by atoms with van der Waals surface area (Å²) in [7, 11) is 0.820. The molecule has 1 aliphatic rings. The van der Waals surface area contributed by atoms with E-state index >= 15 is 0 Å². The Hall–Kier alpha value is -0.850. The van der Waals surface area contributed by atoms with Gasteiger partial charge in [-0.2, -0.15) is 0 Å². The summed E-state index contributed by atoms with van der Waals surface area (Å²) in [5.74, 6) is -1.25. The standard InChI is InChI=1S/C11H10Cl2FNO3S/c1-5-2-9(5)15-11(16)6-3-10(19(13,17)18)8(14)4-7(6)12/h3-5,9H,2H2,1H3,(H,15,16). The van der Waals surface area contributed by atoms with Crippen LogP contribution in [-0.2, 0) is 9.05 Å². The molecule has 0 bridgehead atoms. The van der Waals surface area contributed by atoms with Crippen molar-refractivity contribution in [3.63, 3.8) is 0 Å². The molecular formula is C11H10Cl2FNO3S. The van der Waals surface area contributed by atoms with Gasteiger partial charge in [-0.25, -0.2) is 12.8 Å². The van der Waals surface area contributed by atoms with Crippen molar-refractivity contribution in [2.45, 2.75) is 24.3 Å². The van der Waals surface area contributed by atoms with Crippen LogP contribution in [0.2, 0.25) is 5.02 Å². The summed E-state index contributed by atoms with van der Waals surface area (Å²) in [6.07, 6.45) is 0.852. The number of hydrogen-bond donors (Lipinski definition) is 1. The molecule has 0 aliphatic heterocycles. The Kier molecular flexibility index (Phi) is 3.77. The first kappa shape index (κ1) is 14.6. The van der Waals surface area contributed by atoms with E-state index in [0.29, 0.717) is 5.92 Å². The molecule has 1 N–H and O–H groups in total. The Labute approximate surface area is 119 Å². The minimum Gasteiger partial charge on any atom is -0.349 e. The van der Waals surface area contributed by atoms with E-state index in [1.165, 1.54) is 0 Å². The normalized spacial score (nSPS) is 22.1. The van der Waals surface area contributed by atoms with Crippen LogP contribution in [0.5, 0.6) is 0 Å². The summed E-state index contributed by atoms with van der Waals surface area (Å²) in [6, 6.07) is 1.66. The summed E-state index contributed by atoms with van der Waals surface area (Å²) < 4.78 is 35.8. The zero-order chi connectivity index (χ0) is 14.4. The molecule has 0 radical (unpaired) electrons. The Morgan fingerprint density at radius 2 is 2.05 bits per heavy atom. The van der Waals surface area contributed by atoms with Gasteiger partial charge in [-0.1, -0.05) is 18.5 Å². The van der Waals surface area contributed by atoms with Gasteiger partial charge in [0.1, 0.15) is 10.7 Å². The van der Waals surface area contributed by atoms with Gasteiger partial charge in [0.25, 0.3) is 15.0 Å². The largest absolute Gasteiger partial charge is 0.349 e. The Morgan fingerprint density at radius 3 is 2.53 bits per heavy atom. The maximum absolute atomic E-state index is 13.4.